The lowest BCUT2D eigenvalue weighted by atomic mass is 10.0. The van der Waals surface area contributed by atoms with E-state index in [4.69, 9.17) is 39.9 Å². The van der Waals surface area contributed by atoms with Crippen LogP contribution in [0.5, 0.6) is 0 Å². The lowest BCUT2D eigenvalue weighted by Crippen LogP contribution is -2.11. The number of aromatic nitrogens is 1. The molecule has 0 spiro atoms. The average Bonchev–Trinajstić information content (AvgIpc) is 2.31. The fourth-order valence-electron chi connectivity index (χ4n) is 1.79. The number of aliphatic carboxylic acids is 1. The Morgan fingerprint density at radius 3 is 2.30 bits per heavy atom. The molecule has 1 heterocycles. The summed E-state index contributed by atoms with van der Waals surface area (Å²) in [7, 11) is 0. The van der Waals surface area contributed by atoms with Gasteiger partial charge in [-0.05, 0) is 23.8 Å². The van der Waals surface area contributed by atoms with Crippen LogP contribution in [-0.4, -0.2) is 16.1 Å². The Labute approximate surface area is 128 Å². The Morgan fingerprint density at radius 1 is 1.15 bits per heavy atom. The quantitative estimate of drug-likeness (QED) is 0.901. The molecule has 0 amide bonds. The summed E-state index contributed by atoms with van der Waals surface area (Å²) < 4.78 is 0. The zero-order chi connectivity index (χ0) is 14.9. The first-order chi connectivity index (χ1) is 9.38. The van der Waals surface area contributed by atoms with Gasteiger partial charge in [0.15, 0.2) is 0 Å². The predicted molar refractivity (Wildman–Crippen MR) is 78.9 cm³/mol. The third-order valence-electron chi connectivity index (χ3n) is 2.59. The molecule has 0 aliphatic carbocycles. The van der Waals surface area contributed by atoms with Gasteiger partial charge in [0.1, 0.15) is 0 Å². The van der Waals surface area contributed by atoms with E-state index in [1.807, 2.05) is 0 Å². The highest BCUT2D eigenvalue weighted by molar-refractivity contribution is 6.41. The van der Waals surface area contributed by atoms with Gasteiger partial charge < -0.3 is 10.1 Å². The summed E-state index contributed by atoms with van der Waals surface area (Å²) in [6.07, 6.45) is 1.13. The summed E-state index contributed by atoms with van der Waals surface area (Å²) in [5.41, 5.74) is 0.557. The van der Waals surface area contributed by atoms with Crippen LogP contribution in [0.4, 0.5) is 0 Å². The van der Waals surface area contributed by atoms with E-state index in [0.717, 1.165) is 0 Å². The molecular formula is C13H8Cl3NO3. The summed E-state index contributed by atoms with van der Waals surface area (Å²) in [6.45, 7) is 0. The zero-order valence-corrected chi connectivity index (χ0v) is 12.2. The Kier molecular flexibility index (Phi) is 4.38. The molecule has 1 aromatic heterocycles. The summed E-state index contributed by atoms with van der Waals surface area (Å²) in [5.74, 6) is -1.00. The van der Waals surface area contributed by atoms with Crippen molar-refractivity contribution in [3.05, 3.63) is 55.4 Å². The maximum Gasteiger partial charge on any atom is 0.307 e. The van der Waals surface area contributed by atoms with Crippen molar-refractivity contribution in [3.8, 4) is 11.1 Å². The van der Waals surface area contributed by atoms with Gasteiger partial charge in [-0.3, -0.25) is 9.59 Å². The number of benzene rings is 1. The second-order valence-corrected chi connectivity index (χ2v) is 5.32. The lowest BCUT2D eigenvalue weighted by Gasteiger charge is -2.08. The number of nitrogens with one attached hydrogen (secondary N) is 1. The number of hydrogen-bond donors (Lipinski definition) is 2. The van der Waals surface area contributed by atoms with E-state index in [-0.39, 0.29) is 22.0 Å². The van der Waals surface area contributed by atoms with E-state index in [0.29, 0.717) is 16.1 Å². The molecule has 2 rings (SSSR count). The first kappa shape index (κ1) is 14.9. The number of H-pyrrole nitrogens is 1. The normalized spacial score (nSPS) is 10.6. The fourth-order valence-corrected chi connectivity index (χ4v) is 2.81. The summed E-state index contributed by atoms with van der Waals surface area (Å²) in [4.78, 5) is 25.1. The highest BCUT2D eigenvalue weighted by Gasteiger charge is 2.14. The predicted octanol–water partition coefficient (Wildman–Crippen LogP) is 3.63. The van der Waals surface area contributed by atoms with E-state index in [2.05, 4.69) is 4.98 Å². The SMILES string of the molecule is O=C(O)Cc1c[nH]c(=O)c(-c2c(Cl)cc(Cl)cc2Cl)c1. The molecule has 0 aliphatic heterocycles. The Hall–Kier alpha value is -1.49. The molecule has 0 unspecified atom stereocenters. The summed E-state index contributed by atoms with van der Waals surface area (Å²) >= 11 is 17.9. The van der Waals surface area contributed by atoms with Gasteiger partial charge in [0.05, 0.1) is 22.0 Å². The number of carboxylic acid groups (broad SMARTS) is 1. The highest BCUT2D eigenvalue weighted by Crippen LogP contribution is 2.35. The van der Waals surface area contributed by atoms with Gasteiger partial charge in [-0.1, -0.05) is 34.8 Å². The molecule has 0 fully saturated rings. The molecule has 20 heavy (non-hydrogen) atoms. The summed E-state index contributed by atoms with van der Waals surface area (Å²) in [6, 6.07) is 4.38. The zero-order valence-electron chi connectivity index (χ0n) is 9.91. The van der Waals surface area contributed by atoms with Crippen molar-refractivity contribution in [3.63, 3.8) is 0 Å². The minimum absolute atomic E-state index is 0.204. The van der Waals surface area contributed by atoms with Crippen LogP contribution >= 0.6 is 34.8 Å². The molecule has 104 valence electrons. The van der Waals surface area contributed by atoms with E-state index < -0.39 is 11.5 Å². The molecule has 0 bridgehead atoms. The van der Waals surface area contributed by atoms with Crippen LogP contribution in [0.25, 0.3) is 11.1 Å². The fraction of sp³-hybridized carbons (Fsp3) is 0.0769. The number of carbonyl (C=O) groups is 1. The molecule has 0 saturated heterocycles. The van der Waals surface area contributed by atoms with Crippen LogP contribution in [0.1, 0.15) is 5.56 Å². The standard InChI is InChI=1S/C13H8Cl3NO3/c14-7-3-9(15)12(10(16)4-7)8-1-6(2-11(18)19)5-17-13(8)20/h1,3-5H,2H2,(H,17,20)(H,18,19). The van der Waals surface area contributed by atoms with Gasteiger partial charge in [-0.25, -0.2) is 0 Å². The van der Waals surface area contributed by atoms with Crippen molar-refractivity contribution in [1.29, 1.82) is 0 Å². The van der Waals surface area contributed by atoms with E-state index in [1.165, 1.54) is 24.4 Å². The smallest absolute Gasteiger partial charge is 0.307 e. The number of halogens is 3. The van der Waals surface area contributed by atoms with E-state index >= 15 is 0 Å². The van der Waals surface area contributed by atoms with Crippen LogP contribution in [0.15, 0.2) is 29.2 Å². The molecule has 2 aromatic rings. The Morgan fingerprint density at radius 2 is 1.75 bits per heavy atom. The number of carboxylic acids is 1. The topological polar surface area (TPSA) is 70.2 Å². The van der Waals surface area contributed by atoms with Crippen molar-refractivity contribution in [2.24, 2.45) is 0 Å². The number of rotatable bonds is 3. The molecule has 7 heteroatoms. The minimum atomic E-state index is -1.00. The summed E-state index contributed by atoms with van der Waals surface area (Å²) in [5, 5.41) is 9.58. The maximum atomic E-state index is 11.9. The molecule has 2 N–H and O–H groups in total. The lowest BCUT2D eigenvalue weighted by molar-refractivity contribution is -0.136. The Balaban J connectivity index is 2.63. The monoisotopic (exact) mass is 331 g/mol. The molecule has 0 radical (unpaired) electrons. The van der Waals surface area contributed by atoms with Crippen LogP contribution in [0.3, 0.4) is 0 Å². The maximum absolute atomic E-state index is 11.9. The third kappa shape index (κ3) is 3.15. The van der Waals surface area contributed by atoms with Gasteiger partial charge >= 0.3 is 5.97 Å². The van der Waals surface area contributed by atoms with Crippen LogP contribution in [0.2, 0.25) is 15.1 Å². The molecule has 0 saturated carbocycles. The van der Waals surface area contributed by atoms with Crippen molar-refractivity contribution in [2.75, 3.05) is 0 Å². The first-order valence-electron chi connectivity index (χ1n) is 5.47. The molecule has 0 aliphatic rings. The van der Waals surface area contributed by atoms with Crippen molar-refractivity contribution < 1.29 is 9.90 Å². The average molecular weight is 333 g/mol. The molecule has 4 nitrogen and oxygen atoms in total. The number of pyridine rings is 1. The largest absolute Gasteiger partial charge is 0.481 e. The highest BCUT2D eigenvalue weighted by atomic mass is 35.5. The Bertz CT molecular complexity index is 717. The van der Waals surface area contributed by atoms with Gasteiger partial charge in [0, 0.05) is 16.8 Å². The molecular weight excluding hydrogens is 325 g/mol. The van der Waals surface area contributed by atoms with Gasteiger partial charge in [-0.2, -0.15) is 0 Å². The van der Waals surface area contributed by atoms with Crippen LogP contribution in [0, 0.1) is 0 Å². The van der Waals surface area contributed by atoms with Gasteiger partial charge in [-0.15, -0.1) is 0 Å². The second-order valence-electron chi connectivity index (χ2n) is 4.07. The van der Waals surface area contributed by atoms with Gasteiger partial charge in [0.25, 0.3) is 5.56 Å². The van der Waals surface area contributed by atoms with Gasteiger partial charge in [0.2, 0.25) is 0 Å². The van der Waals surface area contributed by atoms with Crippen LogP contribution < -0.4 is 5.56 Å². The molecule has 0 atom stereocenters. The second kappa shape index (κ2) is 5.87. The van der Waals surface area contributed by atoms with Crippen LogP contribution in [-0.2, 0) is 11.2 Å². The number of hydrogen-bond acceptors (Lipinski definition) is 2. The molecule has 1 aromatic carbocycles. The van der Waals surface area contributed by atoms with E-state index in [1.54, 1.807) is 0 Å². The first-order valence-corrected chi connectivity index (χ1v) is 6.60. The van der Waals surface area contributed by atoms with Crippen molar-refractivity contribution in [2.45, 2.75) is 6.42 Å². The third-order valence-corrected chi connectivity index (χ3v) is 3.41. The minimum Gasteiger partial charge on any atom is -0.481 e. The van der Waals surface area contributed by atoms with Crippen molar-refractivity contribution in [1.82, 2.24) is 4.98 Å². The number of aromatic amines is 1. The van der Waals surface area contributed by atoms with Crippen molar-refractivity contribution >= 4 is 40.8 Å². The van der Waals surface area contributed by atoms with E-state index in [9.17, 15) is 9.59 Å².